The van der Waals surface area contributed by atoms with Crippen LogP contribution in [0.1, 0.15) is 36.2 Å². The number of carbonyl (C=O) groups excluding carboxylic acids is 1. The fraction of sp³-hybridized carbons (Fsp3) is 0.538. The summed E-state index contributed by atoms with van der Waals surface area (Å²) in [6, 6.07) is 3.66. The van der Waals surface area contributed by atoms with Gasteiger partial charge in [0.1, 0.15) is 17.5 Å². The van der Waals surface area contributed by atoms with Gasteiger partial charge in [-0.25, -0.2) is 0 Å². The van der Waals surface area contributed by atoms with Crippen molar-refractivity contribution in [1.29, 1.82) is 0 Å². The molecule has 1 aliphatic rings. The first kappa shape index (κ1) is 12.8. The Hall–Kier alpha value is -1.62. The zero-order chi connectivity index (χ0) is 13.0. The van der Waals surface area contributed by atoms with Gasteiger partial charge in [-0.05, 0) is 31.7 Å². The Morgan fingerprint density at radius 3 is 3.11 bits per heavy atom. The van der Waals surface area contributed by atoms with E-state index in [0.29, 0.717) is 11.4 Å². The van der Waals surface area contributed by atoms with Gasteiger partial charge < -0.3 is 15.8 Å². The number of hydrogen-bond acceptors (Lipinski definition) is 4. The summed E-state index contributed by atoms with van der Waals surface area (Å²) >= 11 is 0. The average Bonchev–Trinajstić information content (AvgIpc) is 2.38. The first-order valence-corrected chi connectivity index (χ1v) is 6.29. The second kappa shape index (κ2) is 5.82. The molecule has 0 radical (unpaired) electrons. The molecule has 1 aromatic heterocycles. The molecule has 18 heavy (non-hydrogen) atoms. The number of hydrogen-bond donors (Lipinski definition) is 2. The summed E-state index contributed by atoms with van der Waals surface area (Å²) in [5.74, 6) is 0.475. The van der Waals surface area contributed by atoms with E-state index in [4.69, 9.17) is 10.5 Å². The lowest BCUT2D eigenvalue weighted by Crippen LogP contribution is -2.33. The molecule has 5 heteroatoms. The Balaban J connectivity index is 2.02. The smallest absolute Gasteiger partial charge is 0.269 e. The van der Waals surface area contributed by atoms with Gasteiger partial charge in [0.05, 0.1) is 0 Å². The quantitative estimate of drug-likeness (QED) is 0.840. The minimum Gasteiger partial charge on any atom is -0.490 e. The minimum atomic E-state index is -0.208. The predicted molar refractivity (Wildman–Crippen MR) is 68.5 cm³/mol. The zero-order valence-corrected chi connectivity index (χ0v) is 10.6. The number of ether oxygens (including phenoxy) is 1. The van der Waals surface area contributed by atoms with Gasteiger partial charge in [0.25, 0.3) is 5.91 Å². The van der Waals surface area contributed by atoms with E-state index >= 15 is 0 Å². The van der Waals surface area contributed by atoms with Crippen molar-refractivity contribution in [3.05, 3.63) is 24.0 Å². The Morgan fingerprint density at radius 1 is 1.56 bits per heavy atom. The van der Waals surface area contributed by atoms with Gasteiger partial charge in [0.2, 0.25) is 0 Å². The predicted octanol–water partition coefficient (Wildman–Crippen LogP) is 1.09. The van der Waals surface area contributed by atoms with Crippen molar-refractivity contribution in [3.63, 3.8) is 0 Å². The SMILES string of the molecule is CNC(=O)c1cc(OC2CCCC(N)C2)ccn1. The van der Waals surface area contributed by atoms with Gasteiger partial charge in [-0.15, -0.1) is 0 Å². The van der Waals surface area contributed by atoms with E-state index in [2.05, 4.69) is 10.3 Å². The number of nitrogens with two attached hydrogens (primary N) is 1. The van der Waals surface area contributed by atoms with Crippen LogP contribution in [0, 0.1) is 0 Å². The number of nitrogens with one attached hydrogen (secondary N) is 1. The Kier molecular flexibility index (Phi) is 4.15. The van der Waals surface area contributed by atoms with Crippen molar-refractivity contribution in [3.8, 4) is 5.75 Å². The molecule has 2 unspecified atom stereocenters. The molecule has 1 aromatic rings. The molecule has 2 atom stereocenters. The van der Waals surface area contributed by atoms with E-state index in [1.165, 1.54) is 0 Å². The molecule has 0 aromatic carbocycles. The van der Waals surface area contributed by atoms with E-state index in [0.717, 1.165) is 25.7 Å². The van der Waals surface area contributed by atoms with Gasteiger partial charge in [-0.2, -0.15) is 0 Å². The standard InChI is InChI=1S/C13H19N3O2/c1-15-13(17)12-8-11(5-6-16-12)18-10-4-2-3-9(14)7-10/h5-6,8-10H,2-4,7,14H2,1H3,(H,15,17). The van der Waals surface area contributed by atoms with Gasteiger partial charge in [-0.1, -0.05) is 0 Å². The van der Waals surface area contributed by atoms with Crippen LogP contribution in [-0.2, 0) is 0 Å². The van der Waals surface area contributed by atoms with Crippen LogP contribution in [-0.4, -0.2) is 30.1 Å². The highest BCUT2D eigenvalue weighted by molar-refractivity contribution is 5.92. The first-order valence-electron chi connectivity index (χ1n) is 6.29. The maximum absolute atomic E-state index is 11.5. The van der Waals surface area contributed by atoms with Gasteiger partial charge in [0, 0.05) is 25.4 Å². The van der Waals surface area contributed by atoms with Crippen LogP contribution < -0.4 is 15.8 Å². The highest BCUT2D eigenvalue weighted by Crippen LogP contribution is 2.23. The van der Waals surface area contributed by atoms with Crippen LogP contribution in [0.5, 0.6) is 5.75 Å². The number of carbonyl (C=O) groups is 1. The lowest BCUT2D eigenvalue weighted by Gasteiger charge is -2.27. The second-order valence-corrected chi connectivity index (χ2v) is 4.62. The van der Waals surface area contributed by atoms with Crippen molar-refractivity contribution in [2.45, 2.75) is 37.8 Å². The molecule has 2 rings (SSSR count). The highest BCUT2D eigenvalue weighted by Gasteiger charge is 2.20. The molecular formula is C13H19N3O2. The van der Waals surface area contributed by atoms with Crippen molar-refractivity contribution in [1.82, 2.24) is 10.3 Å². The Labute approximate surface area is 107 Å². The van der Waals surface area contributed by atoms with Crippen LogP contribution in [0.2, 0.25) is 0 Å². The topological polar surface area (TPSA) is 77.2 Å². The number of amides is 1. The number of pyridine rings is 1. The summed E-state index contributed by atoms with van der Waals surface area (Å²) in [6.07, 6.45) is 5.79. The number of aromatic nitrogens is 1. The van der Waals surface area contributed by atoms with Gasteiger partial charge >= 0.3 is 0 Å². The first-order chi connectivity index (χ1) is 8.69. The van der Waals surface area contributed by atoms with E-state index < -0.39 is 0 Å². The van der Waals surface area contributed by atoms with Crippen LogP contribution in [0.4, 0.5) is 0 Å². The molecule has 5 nitrogen and oxygen atoms in total. The summed E-state index contributed by atoms with van der Waals surface area (Å²) in [6.45, 7) is 0. The molecule has 1 heterocycles. The fourth-order valence-corrected chi connectivity index (χ4v) is 2.22. The molecule has 1 aliphatic carbocycles. The van der Waals surface area contributed by atoms with Gasteiger partial charge in [0.15, 0.2) is 0 Å². The third-order valence-corrected chi connectivity index (χ3v) is 3.16. The summed E-state index contributed by atoms with van der Waals surface area (Å²) in [7, 11) is 1.58. The largest absolute Gasteiger partial charge is 0.490 e. The molecule has 1 saturated carbocycles. The Morgan fingerprint density at radius 2 is 2.39 bits per heavy atom. The van der Waals surface area contributed by atoms with E-state index in [1.807, 2.05) is 0 Å². The number of rotatable bonds is 3. The molecule has 1 amide bonds. The molecule has 0 saturated heterocycles. The summed E-state index contributed by atoms with van der Waals surface area (Å²) in [4.78, 5) is 15.5. The molecule has 3 N–H and O–H groups in total. The average molecular weight is 249 g/mol. The molecule has 0 aliphatic heterocycles. The van der Waals surface area contributed by atoms with E-state index in [-0.39, 0.29) is 18.1 Å². The van der Waals surface area contributed by atoms with Crippen molar-refractivity contribution in [2.24, 2.45) is 5.73 Å². The monoisotopic (exact) mass is 249 g/mol. The highest BCUT2D eigenvalue weighted by atomic mass is 16.5. The third kappa shape index (κ3) is 3.20. The third-order valence-electron chi connectivity index (χ3n) is 3.16. The van der Waals surface area contributed by atoms with Gasteiger partial charge in [-0.3, -0.25) is 9.78 Å². The summed E-state index contributed by atoms with van der Waals surface area (Å²) in [5.41, 5.74) is 6.29. The van der Waals surface area contributed by atoms with Crippen LogP contribution in [0.25, 0.3) is 0 Å². The lowest BCUT2D eigenvalue weighted by molar-refractivity contribution is 0.0956. The van der Waals surface area contributed by atoms with Crippen molar-refractivity contribution < 1.29 is 9.53 Å². The number of nitrogens with zero attached hydrogens (tertiary/aromatic N) is 1. The Bertz CT molecular complexity index is 422. The maximum atomic E-state index is 11.5. The van der Waals surface area contributed by atoms with Crippen LogP contribution in [0.3, 0.4) is 0 Å². The molecule has 0 spiro atoms. The van der Waals surface area contributed by atoms with Crippen molar-refractivity contribution in [2.75, 3.05) is 7.05 Å². The molecule has 98 valence electrons. The summed E-state index contributed by atoms with van der Waals surface area (Å²) in [5, 5.41) is 2.54. The van der Waals surface area contributed by atoms with Crippen molar-refractivity contribution >= 4 is 5.91 Å². The van der Waals surface area contributed by atoms with Crippen LogP contribution in [0.15, 0.2) is 18.3 Å². The fourth-order valence-electron chi connectivity index (χ4n) is 2.22. The van der Waals surface area contributed by atoms with E-state index in [9.17, 15) is 4.79 Å². The van der Waals surface area contributed by atoms with Crippen LogP contribution >= 0.6 is 0 Å². The second-order valence-electron chi connectivity index (χ2n) is 4.62. The molecule has 1 fully saturated rings. The maximum Gasteiger partial charge on any atom is 0.269 e. The zero-order valence-electron chi connectivity index (χ0n) is 10.6. The molecular weight excluding hydrogens is 230 g/mol. The summed E-state index contributed by atoms with van der Waals surface area (Å²) < 4.78 is 5.86. The normalized spacial score (nSPS) is 23.4. The van der Waals surface area contributed by atoms with E-state index in [1.54, 1.807) is 25.4 Å². The molecule has 0 bridgehead atoms. The minimum absolute atomic E-state index is 0.147. The lowest BCUT2D eigenvalue weighted by atomic mass is 9.93.